The van der Waals surface area contributed by atoms with Crippen molar-refractivity contribution >= 4 is 17.4 Å². The lowest BCUT2D eigenvalue weighted by molar-refractivity contribution is 0.198. The number of imidazole rings is 1. The van der Waals surface area contributed by atoms with Crippen LogP contribution in [0.25, 0.3) is 0 Å². The van der Waals surface area contributed by atoms with Gasteiger partial charge >= 0.3 is 0 Å². The molecule has 1 atom stereocenters. The summed E-state index contributed by atoms with van der Waals surface area (Å²) in [6, 6.07) is 0. The Kier molecular flexibility index (Phi) is 3.14. The zero-order valence-corrected chi connectivity index (χ0v) is 9.06. The van der Waals surface area contributed by atoms with Crippen LogP contribution in [0.2, 0.25) is 5.15 Å². The number of anilines is 1. The van der Waals surface area contributed by atoms with E-state index in [9.17, 15) is 5.11 Å². The fourth-order valence-corrected chi connectivity index (χ4v) is 2.06. The van der Waals surface area contributed by atoms with Crippen molar-refractivity contribution in [2.75, 3.05) is 24.6 Å². The Morgan fingerprint density at radius 1 is 1.60 bits per heavy atom. The highest BCUT2D eigenvalue weighted by molar-refractivity contribution is 6.32. The lowest BCUT2D eigenvalue weighted by Crippen LogP contribution is -2.21. The van der Waals surface area contributed by atoms with Gasteiger partial charge in [-0.2, -0.15) is 0 Å². The average Bonchev–Trinajstić information content (AvgIpc) is 2.76. The molecule has 0 saturated carbocycles. The largest absolute Gasteiger partial charge is 0.395 e. The second-order valence-electron chi connectivity index (χ2n) is 3.66. The number of nitrogens with zero attached hydrogens (tertiary/aromatic N) is 3. The van der Waals surface area contributed by atoms with Crippen LogP contribution < -0.4 is 4.90 Å². The maximum absolute atomic E-state index is 9.40. The Balaban J connectivity index is 2.14. The highest BCUT2D eigenvalue weighted by atomic mass is 35.5. The summed E-state index contributed by atoms with van der Waals surface area (Å²) in [6.45, 7) is 1.84. The van der Waals surface area contributed by atoms with Gasteiger partial charge in [0.2, 0.25) is 0 Å². The van der Waals surface area contributed by atoms with Crippen molar-refractivity contribution in [2.45, 2.75) is 19.1 Å². The zero-order chi connectivity index (χ0) is 10.8. The fraction of sp³-hybridized carbons (Fsp3) is 0.667. The van der Waals surface area contributed by atoms with Crippen LogP contribution in [0.3, 0.4) is 0 Å². The number of halogens is 1. The third kappa shape index (κ3) is 2.09. The molecule has 0 radical (unpaired) electrons. The van der Waals surface area contributed by atoms with Crippen molar-refractivity contribution in [3.05, 3.63) is 11.5 Å². The molecule has 1 aromatic rings. The molecular formula is C9H14ClN3O2. The molecule has 6 heteroatoms. The molecule has 0 aromatic carbocycles. The number of aromatic nitrogens is 2. The van der Waals surface area contributed by atoms with Gasteiger partial charge in [0.15, 0.2) is 11.0 Å². The predicted molar refractivity (Wildman–Crippen MR) is 57.2 cm³/mol. The van der Waals surface area contributed by atoms with Gasteiger partial charge in [0.25, 0.3) is 0 Å². The third-order valence-electron chi connectivity index (χ3n) is 2.56. The smallest absolute Gasteiger partial charge is 0.166 e. The summed E-state index contributed by atoms with van der Waals surface area (Å²) in [7, 11) is 0. The molecule has 1 aromatic heterocycles. The van der Waals surface area contributed by atoms with E-state index in [1.165, 1.54) is 0 Å². The number of rotatable bonds is 3. The summed E-state index contributed by atoms with van der Waals surface area (Å²) >= 11 is 6.10. The van der Waals surface area contributed by atoms with Crippen molar-refractivity contribution in [3.63, 3.8) is 0 Å². The Labute approximate surface area is 92.9 Å². The molecule has 1 unspecified atom stereocenters. The van der Waals surface area contributed by atoms with Crippen LogP contribution >= 0.6 is 11.6 Å². The molecular weight excluding hydrogens is 218 g/mol. The van der Waals surface area contributed by atoms with E-state index in [2.05, 4.69) is 4.98 Å². The molecule has 1 aliphatic heterocycles. The van der Waals surface area contributed by atoms with E-state index in [0.29, 0.717) is 24.1 Å². The van der Waals surface area contributed by atoms with Gasteiger partial charge in [-0.15, -0.1) is 0 Å². The Morgan fingerprint density at radius 2 is 2.40 bits per heavy atom. The first kappa shape index (κ1) is 10.7. The van der Waals surface area contributed by atoms with Crippen molar-refractivity contribution < 1.29 is 10.2 Å². The molecule has 0 amide bonds. The Bertz CT molecular complexity index is 342. The number of hydrogen-bond acceptors (Lipinski definition) is 4. The molecule has 2 N–H and O–H groups in total. The van der Waals surface area contributed by atoms with Crippen molar-refractivity contribution in [3.8, 4) is 0 Å². The fourth-order valence-electron chi connectivity index (χ4n) is 1.77. The van der Waals surface area contributed by atoms with E-state index in [1.807, 2.05) is 4.90 Å². The summed E-state index contributed by atoms with van der Waals surface area (Å²) < 4.78 is 1.70. The first-order valence-electron chi connectivity index (χ1n) is 4.97. The molecule has 2 heterocycles. The number of aliphatic hydroxyl groups excluding tert-OH is 2. The molecule has 5 nitrogen and oxygen atoms in total. The van der Waals surface area contributed by atoms with Crippen molar-refractivity contribution in [2.24, 2.45) is 0 Å². The van der Waals surface area contributed by atoms with Gasteiger partial charge in [-0.25, -0.2) is 4.98 Å². The summed E-state index contributed by atoms with van der Waals surface area (Å²) in [5.74, 6) is 0.696. The van der Waals surface area contributed by atoms with Crippen LogP contribution in [0.4, 0.5) is 5.82 Å². The molecule has 84 valence electrons. The lowest BCUT2D eigenvalue weighted by atomic mass is 10.3. The minimum atomic E-state index is -0.288. The molecule has 1 aliphatic rings. The first-order chi connectivity index (χ1) is 7.22. The second kappa shape index (κ2) is 4.38. The zero-order valence-electron chi connectivity index (χ0n) is 8.30. The molecule has 2 rings (SSSR count). The second-order valence-corrected chi connectivity index (χ2v) is 4.02. The van der Waals surface area contributed by atoms with Crippen LogP contribution in [0.5, 0.6) is 0 Å². The van der Waals surface area contributed by atoms with Gasteiger partial charge < -0.3 is 19.7 Å². The van der Waals surface area contributed by atoms with Crippen molar-refractivity contribution in [1.29, 1.82) is 0 Å². The summed E-state index contributed by atoms with van der Waals surface area (Å²) in [5.41, 5.74) is 0. The maximum Gasteiger partial charge on any atom is 0.166 e. The summed E-state index contributed by atoms with van der Waals surface area (Å²) in [5, 5.41) is 18.7. The van der Waals surface area contributed by atoms with Crippen LogP contribution in [0.15, 0.2) is 6.33 Å². The lowest BCUT2D eigenvalue weighted by Gasteiger charge is -2.15. The highest BCUT2D eigenvalue weighted by Crippen LogP contribution is 2.26. The monoisotopic (exact) mass is 231 g/mol. The van der Waals surface area contributed by atoms with Crippen LogP contribution in [-0.4, -0.2) is 45.6 Å². The molecule has 0 spiro atoms. The van der Waals surface area contributed by atoms with E-state index >= 15 is 0 Å². The first-order valence-corrected chi connectivity index (χ1v) is 5.34. The number of aliphatic hydroxyl groups is 2. The van der Waals surface area contributed by atoms with E-state index in [4.69, 9.17) is 16.7 Å². The quantitative estimate of drug-likeness (QED) is 0.775. The number of β-amino-alcohol motifs (C(OH)–C–C–N with tert-alkyl or cyclic N) is 1. The molecule has 1 saturated heterocycles. The molecule has 15 heavy (non-hydrogen) atoms. The number of hydrogen-bond donors (Lipinski definition) is 2. The third-order valence-corrected chi connectivity index (χ3v) is 2.95. The van der Waals surface area contributed by atoms with Crippen molar-refractivity contribution in [1.82, 2.24) is 9.55 Å². The standard InChI is InChI=1S/C9H14ClN3O2/c10-8-9(11-6-13(8)3-4-14)12-2-1-7(15)5-12/h6-7,14-15H,1-5H2. The van der Waals surface area contributed by atoms with Gasteiger partial charge in [-0.1, -0.05) is 11.6 Å². The van der Waals surface area contributed by atoms with E-state index in [1.54, 1.807) is 10.9 Å². The minimum absolute atomic E-state index is 0.0398. The predicted octanol–water partition coefficient (Wildman–Crippen LogP) is 0.0998. The van der Waals surface area contributed by atoms with Gasteiger partial charge in [-0.05, 0) is 6.42 Å². The normalized spacial score (nSPS) is 21.3. The highest BCUT2D eigenvalue weighted by Gasteiger charge is 2.24. The van der Waals surface area contributed by atoms with Gasteiger partial charge in [0.1, 0.15) is 0 Å². The van der Waals surface area contributed by atoms with Gasteiger partial charge in [-0.3, -0.25) is 0 Å². The van der Waals surface area contributed by atoms with E-state index < -0.39 is 0 Å². The molecule has 0 bridgehead atoms. The average molecular weight is 232 g/mol. The topological polar surface area (TPSA) is 61.5 Å². The Hall–Kier alpha value is -0.780. The van der Waals surface area contributed by atoms with Crippen LogP contribution in [0, 0.1) is 0 Å². The van der Waals surface area contributed by atoms with Crippen LogP contribution in [0.1, 0.15) is 6.42 Å². The van der Waals surface area contributed by atoms with Crippen LogP contribution in [-0.2, 0) is 6.54 Å². The maximum atomic E-state index is 9.40. The SMILES string of the molecule is OCCn1cnc(N2CCC(O)C2)c1Cl. The summed E-state index contributed by atoms with van der Waals surface area (Å²) in [6.07, 6.45) is 2.07. The van der Waals surface area contributed by atoms with E-state index in [0.717, 1.165) is 13.0 Å². The molecule has 0 aliphatic carbocycles. The van der Waals surface area contributed by atoms with E-state index in [-0.39, 0.29) is 12.7 Å². The van der Waals surface area contributed by atoms with Gasteiger partial charge in [0.05, 0.1) is 19.0 Å². The summed E-state index contributed by atoms with van der Waals surface area (Å²) in [4.78, 5) is 6.14. The molecule has 1 fully saturated rings. The van der Waals surface area contributed by atoms with Gasteiger partial charge in [0, 0.05) is 19.6 Å². The Morgan fingerprint density at radius 3 is 3.00 bits per heavy atom. The minimum Gasteiger partial charge on any atom is -0.395 e.